The molecule has 20 heavy (non-hydrogen) atoms. The second-order valence-corrected chi connectivity index (χ2v) is 6.60. The van der Waals surface area contributed by atoms with E-state index in [9.17, 15) is 8.42 Å². The van der Waals surface area contributed by atoms with Gasteiger partial charge in [-0.05, 0) is 12.5 Å². The zero-order valence-electron chi connectivity index (χ0n) is 11.5. The Balaban J connectivity index is 2.27. The lowest BCUT2D eigenvalue weighted by molar-refractivity contribution is 0.456. The molecule has 0 bridgehead atoms. The van der Waals surface area contributed by atoms with E-state index in [1.807, 2.05) is 30.3 Å². The van der Waals surface area contributed by atoms with Crippen molar-refractivity contribution in [2.45, 2.75) is 24.9 Å². The Morgan fingerprint density at radius 2 is 1.90 bits per heavy atom. The monoisotopic (exact) mass is 294 g/mol. The fourth-order valence-electron chi connectivity index (χ4n) is 1.97. The summed E-state index contributed by atoms with van der Waals surface area (Å²) in [5.41, 5.74) is 6.40. The number of hydrogen-bond donors (Lipinski definition) is 1. The van der Waals surface area contributed by atoms with Gasteiger partial charge in [0.25, 0.3) is 0 Å². The third kappa shape index (κ3) is 2.92. The van der Waals surface area contributed by atoms with Gasteiger partial charge in [0.2, 0.25) is 10.0 Å². The molecular formula is C14H18N2O3S. The maximum absolute atomic E-state index is 12.5. The third-order valence-corrected chi connectivity index (χ3v) is 4.97. The van der Waals surface area contributed by atoms with Crippen LogP contribution in [0, 0.1) is 6.92 Å². The minimum Gasteiger partial charge on any atom is -0.464 e. The molecule has 0 atom stereocenters. The van der Waals surface area contributed by atoms with E-state index in [0.717, 1.165) is 5.56 Å². The highest BCUT2D eigenvalue weighted by Gasteiger charge is 2.25. The molecule has 1 aromatic carbocycles. The van der Waals surface area contributed by atoms with E-state index in [2.05, 4.69) is 0 Å². The first-order valence-electron chi connectivity index (χ1n) is 6.25. The molecule has 1 heterocycles. The Morgan fingerprint density at radius 1 is 1.25 bits per heavy atom. The van der Waals surface area contributed by atoms with Crippen LogP contribution in [0.25, 0.3) is 0 Å². The van der Waals surface area contributed by atoms with Crippen molar-refractivity contribution in [3.05, 3.63) is 53.5 Å². The van der Waals surface area contributed by atoms with Crippen LogP contribution in [0.15, 0.2) is 45.7 Å². The van der Waals surface area contributed by atoms with E-state index < -0.39 is 10.0 Å². The van der Waals surface area contributed by atoms with E-state index in [1.54, 1.807) is 14.0 Å². The van der Waals surface area contributed by atoms with Gasteiger partial charge >= 0.3 is 0 Å². The zero-order valence-corrected chi connectivity index (χ0v) is 12.4. The number of nitrogens with two attached hydrogens (primary N) is 1. The van der Waals surface area contributed by atoms with Crippen LogP contribution in [0.3, 0.4) is 0 Å². The van der Waals surface area contributed by atoms with Crippen molar-refractivity contribution in [1.82, 2.24) is 4.31 Å². The number of furan rings is 1. The second-order valence-electron chi connectivity index (χ2n) is 4.58. The average Bonchev–Trinajstić information content (AvgIpc) is 2.82. The van der Waals surface area contributed by atoms with Crippen molar-refractivity contribution in [2.24, 2.45) is 5.73 Å². The van der Waals surface area contributed by atoms with Crippen molar-refractivity contribution < 1.29 is 12.8 Å². The van der Waals surface area contributed by atoms with Crippen molar-refractivity contribution in [1.29, 1.82) is 0 Å². The Labute approximate surface area is 119 Å². The SMILES string of the molecule is Cc1oc(CN)cc1S(=O)(=O)N(C)Cc1ccccc1. The van der Waals surface area contributed by atoms with Crippen LogP contribution in [0.1, 0.15) is 17.1 Å². The normalized spacial score (nSPS) is 12.0. The van der Waals surface area contributed by atoms with Crippen LogP contribution < -0.4 is 5.73 Å². The molecule has 0 saturated heterocycles. The lowest BCUT2D eigenvalue weighted by Crippen LogP contribution is -2.26. The first-order chi connectivity index (χ1) is 9.45. The fraction of sp³-hybridized carbons (Fsp3) is 0.286. The van der Waals surface area contributed by atoms with Crippen molar-refractivity contribution in [2.75, 3.05) is 7.05 Å². The summed E-state index contributed by atoms with van der Waals surface area (Å²) in [5, 5.41) is 0. The first kappa shape index (κ1) is 14.8. The predicted octanol–water partition coefficient (Wildman–Crippen LogP) is 1.87. The highest BCUT2D eigenvalue weighted by atomic mass is 32.2. The lowest BCUT2D eigenvalue weighted by Gasteiger charge is -2.16. The Hall–Kier alpha value is -1.63. The molecule has 0 amide bonds. The molecule has 2 N–H and O–H groups in total. The predicted molar refractivity (Wildman–Crippen MR) is 76.4 cm³/mol. The van der Waals surface area contributed by atoms with E-state index in [1.165, 1.54) is 10.4 Å². The minimum atomic E-state index is -3.57. The number of sulfonamides is 1. The fourth-order valence-corrected chi connectivity index (χ4v) is 3.31. The summed E-state index contributed by atoms with van der Waals surface area (Å²) >= 11 is 0. The van der Waals surface area contributed by atoms with Gasteiger partial charge in [-0.3, -0.25) is 0 Å². The van der Waals surface area contributed by atoms with Gasteiger partial charge in [0.15, 0.2) is 0 Å². The number of rotatable bonds is 5. The molecule has 1 aromatic heterocycles. The summed E-state index contributed by atoms with van der Waals surface area (Å²) in [4.78, 5) is 0.177. The van der Waals surface area contributed by atoms with Crippen LogP contribution in [0.2, 0.25) is 0 Å². The van der Waals surface area contributed by atoms with Crippen LogP contribution in [-0.4, -0.2) is 19.8 Å². The molecular weight excluding hydrogens is 276 g/mol. The van der Waals surface area contributed by atoms with Crippen LogP contribution in [-0.2, 0) is 23.1 Å². The van der Waals surface area contributed by atoms with Gasteiger partial charge < -0.3 is 10.2 Å². The number of benzene rings is 1. The lowest BCUT2D eigenvalue weighted by atomic mass is 10.2. The van der Waals surface area contributed by atoms with Gasteiger partial charge in [0.05, 0.1) is 6.54 Å². The van der Waals surface area contributed by atoms with Crippen LogP contribution >= 0.6 is 0 Å². The molecule has 5 nitrogen and oxygen atoms in total. The highest BCUT2D eigenvalue weighted by molar-refractivity contribution is 7.89. The van der Waals surface area contributed by atoms with Gasteiger partial charge in [-0.2, -0.15) is 4.31 Å². The Kier molecular flexibility index (Phi) is 4.27. The van der Waals surface area contributed by atoms with Crippen LogP contribution in [0.4, 0.5) is 0 Å². The smallest absolute Gasteiger partial charge is 0.246 e. The summed E-state index contributed by atoms with van der Waals surface area (Å²) < 4.78 is 31.6. The summed E-state index contributed by atoms with van der Waals surface area (Å²) in [5.74, 6) is 0.833. The van der Waals surface area contributed by atoms with Crippen molar-refractivity contribution >= 4 is 10.0 Å². The Morgan fingerprint density at radius 3 is 2.45 bits per heavy atom. The molecule has 0 fully saturated rings. The van der Waals surface area contributed by atoms with Gasteiger partial charge in [0.1, 0.15) is 16.4 Å². The third-order valence-electron chi connectivity index (χ3n) is 3.06. The van der Waals surface area contributed by atoms with E-state index >= 15 is 0 Å². The maximum Gasteiger partial charge on any atom is 0.246 e. The second kappa shape index (κ2) is 5.78. The van der Waals surface area contributed by atoms with Crippen LogP contribution in [0.5, 0.6) is 0 Å². The Bertz CT molecular complexity index is 678. The van der Waals surface area contributed by atoms with E-state index in [4.69, 9.17) is 10.2 Å². The largest absolute Gasteiger partial charge is 0.464 e. The summed E-state index contributed by atoms with van der Waals surface area (Å²) in [6.45, 7) is 2.12. The first-order valence-corrected chi connectivity index (χ1v) is 7.69. The van der Waals surface area contributed by atoms with Crippen molar-refractivity contribution in [3.63, 3.8) is 0 Å². The molecule has 0 aliphatic carbocycles. The molecule has 0 aliphatic heterocycles. The number of hydrogen-bond acceptors (Lipinski definition) is 4. The topological polar surface area (TPSA) is 76.5 Å². The summed E-state index contributed by atoms with van der Waals surface area (Å²) in [7, 11) is -2.02. The highest BCUT2D eigenvalue weighted by Crippen LogP contribution is 2.23. The molecule has 108 valence electrons. The van der Waals surface area contributed by atoms with E-state index in [0.29, 0.717) is 18.1 Å². The molecule has 0 saturated carbocycles. The molecule has 2 aromatic rings. The molecule has 0 spiro atoms. The maximum atomic E-state index is 12.5. The quantitative estimate of drug-likeness (QED) is 0.913. The number of aryl methyl sites for hydroxylation is 1. The van der Waals surface area contributed by atoms with Gasteiger partial charge in [-0.15, -0.1) is 0 Å². The molecule has 0 aliphatic rings. The van der Waals surface area contributed by atoms with Gasteiger partial charge in [-0.25, -0.2) is 8.42 Å². The summed E-state index contributed by atoms with van der Waals surface area (Å²) in [6.07, 6.45) is 0. The minimum absolute atomic E-state index is 0.177. The zero-order chi connectivity index (χ0) is 14.8. The standard InChI is InChI=1S/C14H18N2O3S/c1-11-14(8-13(9-15)19-11)20(17,18)16(2)10-12-6-4-3-5-7-12/h3-8H,9-10,15H2,1-2H3. The molecule has 0 unspecified atom stereocenters. The molecule has 0 radical (unpaired) electrons. The molecule has 6 heteroatoms. The van der Waals surface area contributed by atoms with Gasteiger partial charge in [-0.1, -0.05) is 30.3 Å². The number of nitrogens with zero attached hydrogens (tertiary/aromatic N) is 1. The van der Waals surface area contributed by atoms with Crippen molar-refractivity contribution in [3.8, 4) is 0 Å². The van der Waals surface area contributed by atoms with Gasteiger partial charge in [0, 0.05) is 19.7 Å². The molecule has 2 rings (SSSR count). The summed E-state index contributed by atoms with van der Waals surface area (Å²) in [6, 6.07) is 10.9. The van der Waals surface area contributed by atoms with E-state index in [-0.39, 0.29) is 11.4 Å². The average molecular weight is 294 g/mol.